The van der Waals surface area contributed by atoms with Gasteiger partial charge in [0.05, 0.1) is 10.7 Å². The fourth-order valence-electron chi connectivity index (χ4n) is 3.30. The molecule has 2 heterocycles. The zero-order valence-electron chi connectivity index (χ0n) is 15.8. The van der Waals surface area contributed by atoms with Crippen molar-refractivity contribution in [3.8, 4) is 11.4 Å². The molecule has 0 atom stereocenters. The minimum Gasteiger partial charge on any atom is -0.311 e. The number of nitro benzene ring substituents is 1. The predicted molar refractivity (Wildman–Crippen MR) is 111 cm³/mol. The molecule has 9 heteroatoms. The van der Waals surface area contributed by atoms with Crippen molar-refractivity contribution in [3.63, 3.8) is 0 Å². The number of carbonyl (C=O) groups excluding carboxylic acids is 1. The van der Waals surface area contributed by atoms with E-state index in [4.69, 9.17) is 0 Å². The van der Waals surface area contributed by atoms with Gasteiger partial charge in [0.2, 0.25) is 11.1 Å². The number of rotatable bonds is 6. The number of nitro groups is 1. The second-order valence-corrected chi connectivity index (χ2v) is 7.61. The summed E-state index contributed by atoms with van der Waals surface area (Å²) in [6.45, 7) is 2.63. The van der Waals surface area contributed by atoms with Crippen molar-refractivity contribution in [1.29, 1.82) is 0 Å². The molecule has 0 radical (unpaired) electrons. The molecule has 0 saturated carbocycles. The Bertz CT molecular complexity index is 1060. The first-order valence-corrected chi connectivity index (χ1v) is 10.3. The summed E-state index contributed by atoms with van der Waals surface area (Å²) in [5.41, 5.74) is 3.82. The van der Waals surface area contributed by atoms with Crippen molar-refractivity contribution in [2.75, 3.05) is 17.2 Å². The molecule has 8 nitrogen and oxygen atoms in total. The standard InChI is InChI=1S/C20H19N5O3S/c1-2-13-3-5-14(6-4-13)19-21-20(23-22-19)29-12-18(26)24-10-9-15-11-16(25(27)28)7-8-17(15)24/h3-8,11H,2,9-10,12H2,1H3,(H,21,22,23). The van der Waals surface area contributed by atoms with E-state index in [2.05, 4.69) is 34.2 Å². The van der Waals surface area contributed by atoms with E-state index in [1.165, 1.54) is 23.4 Å². The first-order valence-electron chi connectivity index (χ1n) is 9.27. The molecule has 0 saturated heterocycles. The van der Waals surface area contributed by atoms with Crippen LogP contribution < -0.4 is 4.90 Å². The number of fused-ring (bicyclic) bond motifs is 1. The van der Waals surface area contributed by atoms with E-state index >= 15 is 0 Å². The number of aromatic nitrogens is 3. The van der Waals surface area contributed by atoms with E-state index in [-0.39, 0.29) is 17.3 Å². The number of non-ortho nitro benzene ring substituents is 1. The summed E-state index contributed by atoms with van der Waals surface area (Å²) >= 11 is 1.27. The molecular weight excluding hydrogens is 390 g/mol. The molecule has 1 N–H and O–H groups in total. The summed E-state index contributed by atoms with van der Waals surface area (Å²) in [7, 11) is 0. The number of hydrogen-bond acceptors (Lipinski definition) is 6. The lowest BCUT2D eigenvalue weighted by atomic mass is 10.1. The highest BCUT2D eigenvalue weighted by molar-refractivity contribution is 7.99. The number of amides is 1. The third kappa shape index (κ3) is 4.00. The van der Waals surface area contributed by atoms with E-state index < -0.39 is 4.92 Å². The number of nitrogens with zero attached hydrogens (tertiary/aromatic N) is 4. The molecule has 2 aromatic carbocycles. The Balaban J connectivity index is 1.40. The Hall–Kier alpha value is -3.20. The highest BCUT2D eigenvalue weighted by Crippen LogP contribution is 2.32. The fourth-order valence-corrected chi connectivity index (χ4v) is 3.98. The van der Waals surface area contributed by atoms with Gasteiger partial charge in [0.25, 0.3) is 5.69 Å². The normalized spacial score (nSPS) is 12.8. The van der Waals surface area contributed by atoms with Crippen LogP contribution in [0.5, 0.6) is 0 Å². The molecule has 0 fully saturated rings. The molecule has 3 aromatic rings. The number of aromatic amines is 1. The summed E-state index contributed by atoms with van der Waals surface area (Å²) in [6.07, 6.45) is 1.60. The van der Waals surface area contributed by atoms with Crippen LogP contribution in [0.4, 0.5) is 11.4 Å². The van der Waals surface area contributed by atoms with E-state index in [1.807, 2.05) is 12.1 Å². The van der Waals surface area contributed by atoms with Gasteiger partial charge in [0.1, 0.15) is 0 Å². The molecule has 1 aliphatic heterocycles. The maximum Gasteiger partial charge on any atom is 0.269 e. The largest absolute Gasteiger partial charge is 0.311 e. The second kappa shape index (κ2) is 8.04. The monoisotopic (exact) mass is 409 g/mol. The van der Waals surface area contributed by atoms with Gasteiger partial charge in [-0.3, -0.25) is 20.0 Å². The van der Waals surface area contributed by atoms with Gasteiger partial charge in [-0.2, -0.15) is 0 Å². The molecule has 148 valence electrons. The van der Waals surface area contributed by atoms with Crippen molar-refractivity contribution >= 4 is 29.0 Å². The summed E-state index contributed by atoms with van der Waals surface area (Å²) in [5, 5.41) is 18.5. The zero-order valence-corrected chi connectivity index (χ0v) is 16.6. The number of H-pyrrole nitrogens is 1. The van der Waals surface area contributed by atoms with E-state index in [0.29, 0.717) is 23.9 Å². The van der Waals surface area contributed by atoms with Gasteiger partial charge in [0, 0.05) is 29.9 Å². The highest BCUT2D eigenvalue weighted by Gasteiger charge is 2.26. The summed E-state index contributed by atoms with van der Waals surface area (Å²) in [4.78, 5) is 29.3. The lowest BCUT2D eigenvalue weighted by Gasteiger charge is -2.16. The van der Waals surface area contributed by atoms with Crippen LogP contribution in [0.2, 0.25) is 0 Å². The van der Waals surface area contributed by atoms with Crippen molar-refractivity contribution in [2.45, 2.75) is 24.9 Å². The van der Waals surface area contributed by atoms with Crippen LogP contribution in [-0.4, -0.2) is 38.3 Å². The van der Waals surface area contributed by atoms with Crippen molar-refractivity contribution < 1.29 is 9.72 Å². The summed E-state index contributed by atoms with van der Waals surface area (Å²) < 4.78 is 0. The maximum atomic E-state index is 12.7. The third-order valence-corrected chi connectivity index (χ3v) is 5.73. The molecule has 1 amide bonds. The number of benzene rings is 2. The molecule has 0 aliphatic carbocycles. The number of thioether (sulfide) groups is 1. The Morgan fingerprint density at radius 1 is 1.28 bits per heavy atom. The molecule has 0 bridgehead atoms. The van der Waals surface area contributed by atoms with Crippen molar-refractivity contribution in [2.24, 2.45) is 0 Å². The number of carbonyl (C=O) groups is 1. The Kier molecular flexibility index (Phi) is 5.30. The van der Waals surface area contributed by atoms with Crippen LogP contribution >= 0.6 is 11.8 Å². The Labute approximate surface area is 171 Å². The molecule has 4 rings (SSSR count). The number of nitrogens with one attached hydrogen (secondary N) is 1. The fraction of sp³-hybridized carbons (Fsp3) is 0.250. The molecule has 0 unspecified atom stereocenters. The van der Waals surface area contributed by atoms with Crippen LogP contribution in [0, 0.1) is 10.1 Å². The van der Waals surface area contributed by atoms with Gasteiger partial charge in [-0.25, -0.2) is 4.98 Å². The van der Waals surface area contributed by atoms with Gasteiger partial charge >= 0.3 is 0 Å². The molecular formula is C20H19N5O3S. The van der Waals surface area contributed by atoms with Gasteiger partial charge in [-0.1, -0.05) is 43.0 Å². The third-order valence-electron chi connectivity index (χ3n) is 4.90. The van der Waals surface area contributed by atoms with Crippen LogP contribution in [0.1, 0.15) is 18.1 Å². The number of anilines is 1. The SMILES string of the molecule is CCc1ccc(-c2nc(SCC(=O)N3CCc4cc([N+](=O)[O-])ccc43)n[nH]2)cc1. The molecule has 1 aliphatic rings. The highest BCUT2D eigenvalue weighted by atomic mass is 32.2. The zero-order chi connectivity index (χ0) is 20.4. The average Bonchev–Trinajstić information content (AvgIpc) is 3.38. The predicted octanol–water partition coefficient (Wildman–Crippen LogP) is 3.62. The van der Waals surface area contributed by atoms with E-state index in [1.54, 1.807) is 17.0 Å². The van der Waals surface area contributed by atoms with Gasteiger partial charge in [-0.15, -0.1) is 5.10 Å². The van der Waals surface area contributed by atoms with E-state index in [9.17, 15) is 14.9 Å². The van der Waals surface area contributed by atoms with Crippen LogP contribution in [0.15, 0.2) is 47.6 Å². The molecule has 0 spiro atoms. The van der Waals surface area contributed by atoms with Crippen LogP contribution in [0.25, 0.3) is 11.4 Å². The minimum atomic E-state index is -0.419. The van der Waals surface area contributed by atoms with Crippen molar-refractivity contribution in [3.05, 3.63) is 63.7 Å². The van der Waals surface area contributed by atoms with Crippen LogP contribution in [0.3, 0.4) is 0 Å². The number of aryl methyl sites for hydroxylation is 1. The van der Waals surface area contributed by atoms with Gasteiger partial charge in [0.15, 0.2) is 5.82 Å². The Morgan fingerprint density at radius 3 is 2.79 bits per heavy atom. The lowest BCUT2D eigenvalue weighted by Crippen LogP contribution is -2.30. The van der Waals surface area contributed by atoms with Gasteiger partial charge in [-0.05, 0) is 30.0 Å². The first-order chi connectivity index (χ1) is 14.0. The summed E-state index contributed by atoms with van der Waals surface area (Å²) in [5.74, 6) is 0.797. The maximum absolute atomic E-state index is 12.7. The van der Waals surface area contributed by atoms with Crippen LogP contribution in [-0.2, 0) is 17.6 Å². The average molecular weight is 409 g/mol. The van der Waals surface area contributed by atoms with E-state index in [0.717, 1.165) is 23.2 Å². The minimum absolute atomic E-state index is 0.0487. The second-order valence-electron chi connectivity index (χ2n) is 6.67. The molecule has 1 aromatic heterocycles. The Morgan fingerprint density at radius 2 is 2.07 bits per heavy atom. The lowest BCUT2D eigenvalue weighted by molar-refractivity contribution is -0.384. The molecule has 29 heavy (non-hydrogen) atoms. The van der Waals surface area contributed by atoms with Crippen molar-refractivity contribution in [1.82, 2.24) is 15.2 Å². The first kappa shape index (κ1) is 19.1. The summed E-state index contributed by atoms with van der Waals surface area (Å²) in [6, 6.07) is 12.7. The quantitative estimate of drug-likeness (QED) is 0.379. The van der Waals surface area contributed by atoms with Gasteiger partial charge < -0.3 is 4.90 Å². The number of hydrogen-bond donors (Lipinski definition) is 1. The smallest absolute Gasteiger partial charge is 0.269 e. The topological polar surface area (TPSA) is 105 Å².